The minimum absolute atomic E-state index is 0.308. The first-order valence-electron chi connectivity index (χ1n) is 11.0. The average Bonchev–Trinajstić information content (AvgIpc) is 3.23. The van der Waals surface area contributed by atoms with Crippen LogP contribution in [0.3, 0.4) is 0 Å². The number of nitrogens with one attached hydrogen (secondary N) is 2. The summed E-state index contributed by atoms with van der Waals surface area (Å²) < 4.78 is 11.4. The van der Waals surface area contributed by atoms with Gasteiger partial charge in [-0.25, -0.2) is 0 Å². The molecule has 0 bridgehead atoms. The Morgan fingerprint density at radius 3 is 2.55 bits per heavy atom. The fraction of sp³-hybridized carbons (Fsp3) is 0.542. The molecule has 1 fully saturated rings. The molecule has 0 saturated heterocycles. The van der Waals surface area contributed by atoms with Gasteiger partial charge in [-0.2, -0.15) is 0 Å². The fourth-order valence-electron chi connectivity index (χ4n) is 3.78. The molecular weight excluding hydrogens is 362 g/mol. The molecule has 0 atom stereocenters. The number of rotatable bonds is 9. The van der Waals surface area contributed by atoms with E-state index in [0.717, 1.165) is 56.8 Å². The van der Waals surface area contributed by atoms with E-state index in [-0.39, 0.29) is 0 Å². The lowest BCUT2D eigenvalue weighted by Gasteiger charge is -2.31. The number of aliphatic imine (C=N–C) groups is 1. The van der Waals surface area contributed by atoms with Crippen molar-refractivity contribution in [1.29, 1.82) is 0 Å². The number of nitrogens with zero attached hydrogens (tertiary/aromatic N) is 1. The zero-order valence-corrected chi connectivity index (χ0v) is 17.8. The van der Waals surface area contributed by atoms with Gasteiger partial charge < -0.3 is 19.8 Å². The lowest BCUT2D eigenvalue weighted by Crippen LogP contribution is -2.46. The number of benzene rings is 1. The van der Waals surface area contributed by atoms with Crippen LogP contribution in [0.25, 0.3) is 0 Å². The summed E-state index contributed by atoms with van der Waals surface area (Å²) in [6.07, 6.45) is 8.68. The lowest BCUT2D eigenvalue weighted by molar-refractivity contribution is -0.0152. The van der Waals surface area contributed by atoms with Crippen molar-refractivity contribution in [3.63, 3.8) is 0 Å². The predicted octanol–water partition coefficient (Wildman–Crippen LogP) is 4.34. The Hall–Kier alpha value is -2.27. The minimum atomic E-state index is 0.308. The number of furan rings is 1. The molecule has 1 aromatic carbocycles. The highest BCUT2D eigenvalue weighted by Gasteiger charge is 2.23. The van der Waals surface area contributed by atoms with E-state index >= 15 is 0 Å². The quantitative estimate of drug-likeness (QED) is 0.488. The van der Waals surface area contributed by atoms with Crippen molar-refractivity contribution in [3.05, 3.63) is 60.1 Å². The molecule has 2 aromatic rings. The van der Waals surface area contributed by atoms with Crippen molar-refractivity contribution in [2.75, 3.05) is 13.1 Å². The molecule has 29 heavy (non-hydrogen) atoms. The summed E-state index contributed by atoms with van der Waals surface area (Å²) in [7, 11) is 0. The van der Waals surface area contributed by atoms with E-state index in [1.807, 2.05) is 12.1 Å². The van der Waals surface area contributed by atoms with Crippen LogP contribution in [0, 0.1) is 0 Å². The highest BCUT2D eigenvalue weighted by Crippen LogP contribution is 2.22. The summed E-state index contributed by atoms with van der Waals surface area (Å²) >= 11 is 0. The van der Waals surface area contributed by atoms with Crippen LogP contribution in [0.4, 0.5) is 0 Å². The van der Waals surface area contributed by atoms with Gasteiger partial charge in [0.2, 0.25) is 0 Å². The first kappa shape index (κ1) is 21.4. The van der Waals surface area contributed by atoms with Crippen LogP contribution >= 0.6 is 0 Å². The van der Waals surface area contributed by atoms with E-state index in [2.05, 4.69) is 54.8 Å². The standard InChI is InChI=1S/C24H35N3O2/c1-19(2)29-23-12-10-21(11-13-23)27-24(26-17-15-22-9-6-18-28-22)25-16-14-20-7-4-3-5-8-20/h3-9,18-19,21,23H,10-17H2,1-2H3,(H2,25,26,27). The summed E-state index contributed by atoms with van der Waals surface area (Å²) in [6.45, 7) is 5.80. The van der Waals surface area contributed by atoms with Crippen molar-refractivity contribution in [2.24, 2.45) is 4.99 Å². The summed E-state index contributed by atoms with van der Waals surface area (Å²) in [5, 5.41) is 7.16. The number of ether oxygens (including phenoxy) is 1. The largest absolute Gasteiger partial charge is 0.469 e. The Morgan fingerprint density at radius 1 is 1.07 bits per heavy atom. The molecule has 0 spiro atoms. The van der Waals surface area contributed by atoms with Crippen LogP contribution in [-0.2, 0) is 17.6 Å². The van der Waals surface area contributed by atoms with E-state index in [1.165, 1.54) is 5.56 Å². The van der Waals surface area contributed by atoms with Crippen molar-refractivity contribution in [3.8, 4) is 0 Å². The highest BCUT2D eigenvalue weighted by molar-refractivity contribution is 5.80. The Bertz CT molecular complexity index is 705. The number of hydrogen-bond acceptors (Lipinski definition) is 3. The van der Waals surface area contributed by atoms with Crippen LogP contribution in [0.5, 0.6) is 0 Å². The maximum atomic E-state index is 5.98. The van der Waals surface area contributed by atoms with Crippen LogP contribution in [0.1, 0.15) is 50.9 Å². The SMILES string of the molecule is CC(C)OC1CCC(NC(=NCCc2ccco2)NCCc2ccccc2)CC1. The second-order valence-corrected chi connectivity index (χ2v) is 8.02. The molecule has 1 aliphatic carbocycles. The fourth-order valence-corrected chi connectivity index (χ4v) is 3.78. The third kappa shape index (κ3) is 7.94. The average molecular weight is 398 g/mol. The summed E-state index contributed by atoms with van der Waals surface area (Å²) in [6, 6.07) is 14.9. The predicted molar refractivity (Wildman–Crippen MR) is 118 cm³/mol. The van der Waals surface area contributed by atoms with Gasteiger partial charge in [-0.1, -0.05) is 30.3 Å². The molecule has 158 valence electrons. The van der Waals surface area contributed by atoms with E-state index < -0.39 is 0 Å². The Morgan fingerprint density at radius 2 is 1.86 bits per heavy atom. The lowest BCUT2D eigenvalue weighted by atomic mass is 9.93. The van der Waals surface area contributed by atoms with Gasteiger partial charge in [-0.3, -0.25) is 4.99 Å². The molecule has 0 aliphatic heterocycles. The normalized spacial score (nSPS) is 20.0. The van der Waals surface area contributed by atoms with Crippen LogP contribution in [0.15, 0.2) is 58.1 Å². The maximum absolute atomic E-state index is 5.98. The maximum Gasteiger partial charge on any atom is 0.191 e. The van der Waals surface area contributed by atoms with E-state index in [1.54, 1.807) is 6.26 Å². The molecule has 1 aliphatic rings. The smallest absolute Gasteiger partial charge is 0.191 e. The molecule has 3 rings (SSSR count). The van der Waals surface area contributed by atoms with E-state index in [4.69, 9.17) is 14.1 Å². The topological polar surface area (TPSA) is 58.8 Å². The monoisotopic (exact) mass is 397 g/mol. The van der Waals surface area contributed by atoms with Gasteiger partial charge in [-0.05, 0) is 63.6 Å². The van der Waals surface area contributed by atoms with Gasteiger partial charge in [0.05, 0.1) is 18.5 Å². The van der Waals surface area contributed by atoms with E-state index in [9.17, 15) is 0 Å². The van der Waals surface area contributed by atoms with Crippen LogP contribution in [0.2, 0.25) is 0 Å². The zero-order valence-electron chi connectivity index (χ0n) is 17.8. The number of guanidine groups is 1. The third-order valence-electron chi connectivity index (χ3n) is 5.24. The van der Waals surface area contributed by atoms with Crippen LogP contribution < -0.4 is 10.6 Å². The Kier molecular flexibility index (Phi) is 8.62. The first-order valence-corrected chi connectivity index (χ1v) is 11.0. The zero-order chi connectivity index (χ0) is 20.3. The summed E-state index contributed by atoms with van der Waals surface area (Å²) in [5.41, 5.74) is 1.33. The number of hydrogen-bond donors (Lipinski definition) is 2. The van der Waals surface area contributed by atoms with E-state index in [0.29, 0.717) is 24.8 Å². The van der Waals surface area contributed by atoms with Crippen molar-refractivity contribution >= 4 is 5.96 Å². The van der Waals surface area contributed by atoms with Crippen molar-refractivity contribution < 1.29 is 9.15 Å². The van der Waals surface area contributed by atoms with Gasteiger partial charge in [0, 0.05) is 25.6 Å². The van der Waals surface area contributed by atoms with Crippen molar-refractivity contribution in [2.45, 2.75) is 70.6 Å². The summed E-state index contributed by atoms with van der Waals surface area (Å²) in [5.74, 6) is 1.88. The molecule has 0 unspecified atom stereocenters. The van der Waals surface area contributed by atoms with Gasteiger partial charge in [0.25, 0.3) is 0 Å². The van der Waals surface area contributed by atoms with Crippen molar-refractivity contribution in [1.82, 2.24) is 10.6 Å². The molecule has 0 radical (unpaired) electrons. The highest BCUT2D eigenvalue weighted by atomic mass is 16.5. The minimum Gasteiger partial charge on any atom is -0.469 e. The third-order valence-corrected chi connectivity index (χ3v) is 5.24. The molecule has 5 nitrogen and oxygen atoms in total. The second-order valence-electron chi connectivity index (χ2n) is 8.02. The van der Waals surface area contributed by atoms with Gasteiger partial charge in [0.1, 0.15) is 5.76 Å². The summed E-state index contributed by atoms with van der Waals surface area (Å²) in [4.78, 5) is 4.79. The molecule has 0 amide bonds. The molecule has 1 heterocycles. The molecular formula is C24H35N3O2. The molecule has 2 N–H and O–H groups in total. The first-order chi connectivity index (χ1) is 14.2. The molecule has 1 aromatic heterocycles. The van der Waals surface area contributed by atoms with Gasteiger partial charge in [0.15, 0.2) is 5.96 Å². The molecule has 1 saturated carbocycles. The second kappa shape index (κ2) is 11.7. The Balaban J connectivity index is 1.49. The Labute approximate surface area is 174 Å². The molecule has 5 heteroatoms. The van der Waals surface area contributed by atoms with Crippen LogP contribution in [-0.4, -0.2) is 37.3 Å². The van der Waals surface area contributed by atoms with Gasteiger partial charge in [-0.15, -0.1) is 0 Å². The van der Waals surface area contributed by atoms with Gasteiger partial charge >= 0.3 is 0 Å².